The summed E-state index contributed by atoms with van der Waals surface area (Å²) in [6.45, 7) is 3.56. The molecule has 10 atom stereocenters. The third-order valence-corrected chi connectivity index (χ3v) is 7.21. The fraction of sp³-hybridized carbons (Fsp3) is 0.625. The molecule has 3 rings (SSSR count). The summed E-state index contributed by atoms with van der Waals surface area (Å²) in [5.41, 5.74) is 0.763. The van der Waals surface area contributed by atoms with Crippen molar-refractivity contribution in [3.63, 3.8) is 0 Å². The van der Waals surface area contributed by atoms with Crippen molar-refractivity contribution in [3.05, 3.63) is 35.9 Å². The molecule has 2 fully saturated rings. The maximum absolute atomic E-state index is 12.4. The first-order valence-electron chi connectivity index (χ1n) is 15.8. The number of nitrogens with one attached hydrogen (secondary N) is 1. The summed E-state index contributed by atoms with van der Waals surface area (Å²) in [5, 5.41) is 23.2. The predicted octanol–water partition coefficient (Wildman–Crippen LogP) is -0.592. The van der Waals surface area contributed by atoms with Crippen LogP contribution >= 0.6 is 0 Å². The van der Waals surface area contributed by atoms with Gasteiger partial charge >= 0.3 is 35.9 Å². The molecule has 1 aromatic rings. The van der Waals surface area contributed by atoms with Gasteiger partial charge in [0, 0.05) is 41.2 Å². The minimum Gasteiger partial charge on any atom is -0.463 e. The van der Waals surface area contributed by atoms with Crippen LogP contribution in [0.25, 0.3) is 0 Å². The summed E-state index contributed by atoms with van der Waals surface area (Å²) >= 11 is 0. The molecule has 1 amide bonds. The minimum absolute atomic E-state index is 0.0136. The van der Waals surface area contributed by atoms with E-state index in [1.807, 2.05) is 6.07 Å². The van der Waals surface area contributed by atoms with Crippen LogP contribution in [0, 0.1) is 0 Å². The van der Waals surface area contributed by atoms with Crippen molar-refractivity contribution < 1.29 is 86.3 Å². The summed E-state index contributed by atoms with van der Waals surface area (Å²) in [7, 11) is 0. The number of ether oxygens (including phenoxy) is 10. The first-order valence-corrected chi connectivity index (χ1v) is 15.8. The van der Waals surface area contributed by atoms with Gasteiger partial charge in [0.1, 0.15) is 37.6 Å². The van der Waals surface area contributed by atoms with Crippen LogP contribution in [0.1, 0.15) is 40.2 Å². The van der Waals surface area contributed by atoms with Crippen LogP contribution in [-0.4, -0.2) is 134 Å². The van der Waals surface area contributed by atoms with Crippen LogP contribution in [0.15, 0.2) is 30.3 Å². The summed E-state index contributed by atoms with van der Waals surface area (Å²) in [6.07, 6.45) is -16.5. The smallest absolute Gasteiger partial charge is 0.407 e. The second-order valence-corrected chi connectivity index (χ2v) is 11.3. The average Bonchev–Trinajstić information content (AvgIpc) is 3.05. The van der Waals surface area contributed by atoms with Crippen molar-refractivity contribution in [2.24, 2.45) is 0 Å². The Balaban J connectivity index is 1.89. The van der Waals surface area contributed by atoms with Crippen LogP contribution in [0.4, 0.5) is 4.79 Å². The number of aliphatic hydroxyl groups excluding tert-OH is 2. The highest BCUT2D eigenvalue weighted by molar-refractivity contribution is 5.68. The van der Waals surface area contributed by atoms with Gasteiger partial charge in [-0.15, -0.1) is 0 Å². The van der Waals surface area contributed by atoms with Crippen molar-refractivity contribution in [2.45, 2.75) is 103 Å². The Morgan fingerprint density at radius 2 is 1.24 bits per heavy atom. The van der Waals surface area contributed by atoms with Crippen molar-refractivity contribution in [2.75, 3.05) is 26.4 Å². The highest BCUT2D eigenvalue weighted by Crippen LogP contribution is 2.34. The van der Waals surface area contributed by atoms with E-state index < -0.39 is 111 Å². The molecule has 19 nitrogen and oxygen atoms in total. The number of carbonyl (C=O) groups excluding carboxylic acids is 6. The first kappa shape index (κ1) is 41.0. The molecule has 0 saturated carbocycles. The van der Waals surface area contributed by atoms with Gasteiger partial charge in [-0.2, -0.15) is 0 Å². The highest BCUT2D eigenvalue weighted by atomic mass is 16.8. The first-order chi connectivity index (χ1) is 24.2. The Morgan fingerprint density at radius 3 is 1.80 bits per heavy atom. The molecule has 0 spiro atoms. The zero-order valence-corrected chi connectivity index (χ0v) is 28.6. The predicted molar refractivity (Wildman–Crippen MR) is 165 cm³/mol. The van der Waals surface area contributed by atoms with Gasteiger partial charge < -0.3 is 62.9 Å². The van der Waals surface area contributed by atoms with Crippen molar-refractivity contribution >= 4 is 35.9 Å². The zero-order chi connectivity index (χ0) is 37.7. The molecule has 1 aromatic carbocycles. The fourth-order valence-corrected chi connectivity index (χ4v) is 5.20. The molecule has 3 N–H and O–H groups in total. The zero-order valence-electron chi connectivity index (χ0n) is 28.6. The monoisotopic (exact) mass is 729 g/mol. The van der Waals surface area contributed by atoms with Gasteiger partial charge in [0.25, 0.3) is 0 Å². The van der Waals surface area contributed by atoms with Crippen molar-refractivity contribution in [1.82, 2.24) is 5.32 Å². The number of esters is 5. The van der Waals surface area contributed by atoms with Crippen LogP contribution in [-0.2, 0) is 77.9 Å². The van der Waals surface area contributed by atoms with Crippen molar-refractivity contribution in [1.29, 1.82) is 0 Å². The normalized spacial score (nSPS) is 28.8. The second kappa shape index (κ2) is 19.8. The molecule has 0 aliphatic carbocycles. The van der Waals surface area contributed by atoms with Crippen LogP contribution in [0.5, 0.6) is 0 Å². The Kier molecular flexibility index (Phi) is 16.0. The maximum Gasteiger partial charge on any atom is 0.407 e. The number of alkyl carbamates (subject to hydrolysis) is 1. The molecule has 2 heterocycles. The Hall–Kier alpha value is -4.40. The van der Waals surface area contributed by atoms with E-state index in [9.17, 15) is 39.0 Å². The van der Waals surface area contributed by atoms with E-state index in [-0.39, 0.29) is 19.8 Å². The molecule has 0 radical (unpaired) electrons. The number of benzene rings is 1. The van der Waals surface area contributed by atoms with E-state index in [1.165, 1.54) is 0 Å². The molecule has 0 bridgehead atoms. The quantitative estimate of drug-likeness (QED) is 0.116. The van der Waals surface area contributed by atoms with Crippen LogP contribution < -0.4 is 5.32 Å². The van der Waals surface area contributed by atoms with Crippen LogP contribution in [0.3, 0.4) is 0 Å². The van der Waals surface area contributed by atoms with Gasteiger partial charge in [-0.3, -0.25) is 24.0 Å². The van der Waals surface area contributed by atoms with Gasteiger partial charge in [-0.05, 0) is 5.56 Å². The Labute approximate surface area is 292 Å². The molecule has 1 unspecified atom stereocenters. The van der Waals surface area contributed by atoms with E-state index in [0.29, 0.717) is 0 Å². The number of rotatable bonds is 15. The minimum atomic E-state index is -1.76. The fourth-order valence-electron chi connectivity index (χ4n) is 5.20. The SMILES string of the molecule is CC(=O)OC[C@H]1OC(OCCNC(=O)OCc2ccccc2)[C@H](OC(C)=O)[C@@H](OC(C)=O)[C@@H]1O[C@@H]1O[C@H](CO)[C@H](O)[C@H](OC(C)=O)[C@H]1OC(C)=O. The third kappa shape index (κ3) is 12.7. The van der Waals surface area contributed by atoms with Gasteiger partial charge in [-0.1, -0.05) is 30.3 Å². The lowest BCUT2D eigenvalue weighted by Crippen LogP contribution is -2.67. The topological polar surface area (TPSA) is 247 Å². The maximum atomic E-state index is 12.4. The van der Waals surface area contributed by atoms with E-state index in [1.54, 1.807) is 24.3 Å². The third-order valence-electron chi connectivity index (χ3n) is 7.21. The molecule has 0 aromatic heterocycles. The van der Waals surface area contributed by atoms with E-state index in [2.05, 4.69) is 5.32 Å². The highest BCUT2D eigenvalue weighted by Gasteiger charge is 2.56. The molecule has 19 heteroatoms. The number of hydrogen-bond donors (Lipinski definition) is 3. The molecular formula is C32H43NO18. The molecule has 284 valence electrons. The Morgan fingerprint density at radius 1 is 0.686 bits per heavy atom. The standard InChI is InChI=1S/C32H43NO18/c1-16(35)43-15-23-25(51-31-28(47-19(4)38)26(45-17(2)36)24(40)22(13-34)49-31)27(46-18(3)37)29(48-20(5)39)30(50-23)42-12-11-33-32(41)44-14-21-9-7-6-8-10-21/h6-10,22-31,34,40H,11-15H2,1-5H3,(H,33,41)/t22-,23-,24+,25-,26+,27+,28-,29-,30?,31+/m1/s1. The lowest BCUT2D eigenvalue weighted by atomic mass is 9.96. The summed E-state index contributed by atoms with van der Waals surface area (Å²) < 4.78 is 55.6. The van der Waals surface area contributed by atoms with Gasteiger partial charge in [0.05, 0.1) is 13.2 Å². The average molecular weight is 730 g/mol. The molecule has 2 aliphatic heterocycles. The second-order valence-electron chi connectivity index (χ2n) is 11.3. The summed E-state index contributed by atoms with van der Waals surface area (Å²) in [5.74, 6) is -4.28. The number of carbonyl (C=O) groups is 6. The number of hydrogen-bond acceptors (Lipinski definition) is 18. The van der Waals surface area contributed by atoms with E-state index in [4.69, 9.17) is 47.4 Å². The summed E-state index contributed by atoms with van der Waals surface area (Å²) in [6, 6.07) is 8.95. The van der Waals surface area contributed by atoms with E-state index in [0.717, 1.165) is 40.2 Å². The van der Waals surface area contributed by atoms with Gasteiger partial charge in [0.2, 0.25) is 0 Å². The largest absolute Gasteiger partial charge is 0.463 e. The van der Waals surface area contributed by atoms with Gasteiger partial charge in [-0.25, -0.2) is 4.79 Å². The summed E-state index contributed by atoms with van der Waals surface area (Å²) in [4.78, 5) is 72.8. The lowest BCUT2D eigenvalue weighted by molar-refractivity contribution is -0.360. The number of amides is 1. The molecule has 2 aliphatic rings. The lowest BCUT2D eigenvalue weighted by Gasteiger charge is -2.48. The molecule has 51 heavy (non-hydrogen) atoms. The van der Waals surface area contributed by atoms with E-state index >= 15 is 0 Å². The molecule has 2 saturated heterocycles. The van der Waals surface area contributed by atoms with Crippen molar-refractivity contribution in [3.8, 4) is 0 Å². The molecular weight excluding hydrogens is 686 g/mol. The Bertz CT molecular complexity index is 1340. The number of aliphatic hydroxyl groups is 2. The van der Waals surface area contributed by atoms with Gasteiger partial charge in [0.15, 0.2) is 37.0 Å². The van der Waals surface area contributed by atoms with Crippen LogP contribution in [0.2, 0.25) is 0 Å².